The van der Waals surface area contributed by atoms with E-state index in [1.165, 1.54) is 7.11 Å². The Bertz CT molecular complexity index is 1200. The number of imide groups is 1. The minimum Gasteiger partial charge on any atom is -0.495 e. The Kier molecular flexibility index (Phi) is 5.29. The Balaban J connectivity index is 1.62. The predicted octanol–water partition coefficient (Wildman–Crippen LogP) is 5.05. The molecule has 3 atom stereocenters. The third kappa shape index (κ3) is 3.23. The van der Waals surface area contributed by atoms with E-state index in [0.29, 0.717) is 32.7 Å². The van der Waals surface area contributed by atoms with Gasteiger partial charge in [-0.1, -0.05) is 59.6 Å². The summed E-state index contributed by atoms with van der Waals surface area (Å²) < 4.78 is 5.38. The highest BCUT2D eigenvalue weighted by Gasteiger charge is 2.61. The smallest absolute Gasteiger partial charge is 0.266 e. The molecule has 0 unspecified atom stereocenters. The first-order chi connectivity index (χ1) is 15.5. The van der Waals surface area contributed by atoms with Gasteiger partial charge in [0.05, 0.1) is 24.5 Å². The third-order valence-electron chi connectivity index (χ3n) is 5.73. The molecule has 2 fully saturated rings. The maximum absolute atomic E-state index is 13.7. The normalized spacial score (nSPS) is 22.4. The SMILES string of the molecule is COc1ccccc1N1C(=O)[C@H]2[C@@H](ON(c3ccccc3)[C@H]2c2ccc(Cl)cc2Cl)C1=O. The highest BCUT2D eigenvalue weighted by Crippen LogP contribution is 2.50. The summed E-state index contributed by atoms with van der Waals surface area (Å²) in [6.07, 6.45) is -0.996. The number of ether oxygens (including phenoxy) is 1. The lowest BCUT2D eigenvalue weighted by Gasteiger charge is -2.29. The van der Waals surface area contributed by atoms with E-state index in [1.807, 2.05) is 30.3 Å². The fraction of sp³-hybridized carbons (Fsp3) is 0.167. The highest BCUT2D eigenvalue weighted by molar-refractivity contribution is 6.35. The molecule has 162 valence electrons. The van der Waals surface area contributed by atoms with Crippen LogP contribution in [0, 0.1) is 5.92 Å². The molecular formula is C24H18Cl2N2O4. The van der Waals surface area contributed by atoms with E-state index < -0.39 is 24.0 Å². The van der Waals surface area contributed by atoms with Gasteiger partial charge in [0, 0.05) is 10.0 Å². The maximum atomic E-state index is 13.7. The standard InChI is InChI=1S/C24H18Cl2N2O4/c1-31-19-10-6-5-9-18(19)27-23(29)20-21(16-12-11-14(25)13-17(16)26)28(32-22(20)24(27)30)15-7-3-2-4-8-15/h2-13,20-22H,1H3/t20-,21+,22-/m1/s1. The number of carbonyl (C=O) groups excluding carboxylic acids is 2. The second-order valence-corrected chi connectivity index (χ2v) is 8.35. The van der Waals surface area contributed by atoms with Gasteiger partial charge in [-0.25, -0.2) is 9.96 Å². The summed E-state index contributed by atoms with van der Waals surface area (Å²) in [7, 11) is 1.49. The molecule has 2 aliphatic heterocycles. The average Bonchev–Trinajstić information content (AvgIpc) is 3.30. The Morgan fingerprint density at radius 3 is 2.34 bits per heavy atom. The molecule has 8 heteroatoms. The topological polar surface area (TPSA) is 59.1 Å². The number of para-hydroxylation sites is 3. The fourth-order valence-electron chi connectivity index (χ4n) is 4.32. The van der Waals surface area contributed by atoms with Crippen LogP contribution in [0.15, 0.2) is 72.8 Å². The summed E-state index contributed by atoms with van der Waals surface area (Å²) in [5, 5.41) is 2.47. The highest BCUT2D eigenvalue weighted by atomic mass is 35.5. The van der Waals surface area contributed by atoms with E-state index >= 15 is 0 Å². The monoisotopic (exact) mass is 468 g/mol. The van der Waals surface area contributed by atoms with Crippen LogP contribution in [0.25, 0.3) is 0 Å². The zero-order valence-electron chi connectivity index (χ0n) is 16.9. The summed E-state index contributed by atoms with van der Waals surface area (Å²) >= 11 is 12.6. The summed E-state index contributed by atoms with van der Waals surface area (Å²) in [6.45, 7) is 0. The molecule has 0 aliphatic carbocycles. The van der Waals surface area contributed by atoms with Gasteiger partial charge in [-0.15, -0.1) is 0 Å². The molecule has 5 rings (SSSR count). The molecule has 6 nitrogen and oxygen atoms in total. The van der Waals surface area contributed by atoms with Crippen LogP contribution < -0.4 is 14.7 Å². The van der Waals surface area contributed by atoms with E-state index in [0.717, 1.165) is 4.90 Å². The van der Waals surface area contributed by atoms with Gasteiger partial charge in [-0.05, 0) is 42.0 Å². The van der Waals surface area contributed by atoms with Crippen molar-refractivity contribution >= 4 is 46.4 Å². The minimum absolute atomic E-state index is 0.376. The van der Waals surface area contributed by atoms with E-state index in [2.05, 4.69) is 0 Å². The van der Waals surface area contributed by atoms with Crippen LogP contribution in [0.1, 0.15) is 11.6 Å². The number of hydrogen-bond donors (Lipinski definition) is 0. The maximum Gasteiger partial charge on any atom is 0.266 e. The first kappa shape index (κ1) is 20.8. The zero-order valence-corrected chi connectivity index (χ0v) is 18.5. The van der Waals surface area contributed by atoms with Crippen molar-refractivity contribution < 1.29 is 19.2 Å². The molecule has 0 spiro atoms. The fourth-order valence-corrected chi connectivity index (χ4v) is 4.84. The number of carbonyl (C=O) groups is 2. The molecule has 0 bridgehead atoms. The van der Waals surface area contributed by atoms with Crippen LogP contribution in [-0.2, 0) is 14.4 Å². The molecule has 0 aromatic heterocycles. The van der Waals surface area contributed by atoms with Crippen molar-refractivity contribution in [2.24, 2.45) is 5.92 Å². The van der Waals surface area contributed by atoms with Crippen LogP contribution in [0.4, 0.5) is 11.4 Å². The first-order valence-electron chi connectivity index (χ1n) is 9.98. The number of anilines is 2. The lowest BCUT2D eigenvalue weighted by molar-refractivity contribution is -0.126. The van der Waals surface area contributed by atoms with Crippen LogP contribution in [0.3, 0.4) is 0 Å². The average molecular weight is 469 g/mol. The van der Waals surface area contributed by atoms with Crippen LogP contribution in [0.2, 0.25) is 10.0 Å². The lowest BCUT2D eigenvalue weighted by Crippen LogP contribution is -2.37. The van der Waals surface area contributed by atoms with Gasteiger partial charge in [0.25, 0.3) is 5.91 Å². The number of hydroxylamine groups is 1. The number of hydrogen-bond acceptors (Lipinski definition) is 5. The Labute approximate surface area is 194 Å². The second-order valence-electron chi connectivity index (χ2n) is 7.51. The van der Waals surface area contributed by atoms with Gasteiger partial charge in [0.2, 0.25) is 5.91 Å². The van der Waals surface area contributed by atoms with Gasteiger partial charge >= 0.3 is 0 Å². The summed E-state index contributed by atoms with van der Waals surface area (Å²) in [4.78, 5) is 34.3. The van der Waals surface area contributed by atoms with Crippen molar-refractivity contribution in [3.8, 4) is 5.75 Å². The van der Waals surface area contributed by atoms with E-state index in [9.17, 15) is 9.59 Å². The van der Waals surface area contributed by atoms with Gasteiger partial charge in [-0.2, -0.15) is 0 Å². The Hall–Kier alpha value is -3.06. The largest absolute Gasteiger partial charge is 0.495 e. The molecule has 2 saturated heterocycles. The molecule has 2 aliphatic rings. The van der Waals surface area contributed by atoms with Crippen LogP contribution >= 0.6 is 23.2 Å². The molecule has 3 aromatic carbocycles. The first-order valence-corrected chi connectivity index (χ1v) is 10.7. The number of fused-ring (bicyclic) bond motifs is 1. The van der Waals surface area contributed by atoms with Gasteiger partial charge < -0.3 is 4.74 Å². The molecule has 32 heavy (non-hydrogen) atoms. The van der Waals surface area contributed by atoms with Gasteiger partial charge in [0.15, 0.2) is 6.10 Å². The van der Waals surface area contributed by atoms with Crippen molar-refractivity contribution in [3.05, 3.63) is 88.4 Å². The molecule has 3 aromatic rings. The zero-order chi connectivity index (χ0) is 22.4. The molecule has 2 heterocycles. The van der Waals surface area contributed by atoms with Crippen molar-refractivity contribution in [2.75, 3.05) is 17.1 Å². The molecule has 0 saturated carbocycles. The second kappa shape index (κ2) is 8.13. The number of benzene rings is 3. The number of amides is 2. The summed E-state index contributed by atoms with van der Waals surface area (Å²) in [5.74, 6) is -1.20. The van der Waals surface area contributed by atoms with E-state index in [4.69, 9.17) is 32.8 Å². The lowest BCUT2D eigenvalue weighted by atomic mass is 9.90. The Morgan fingerprint density at radius 1 is 0.906 bits per heavy atom. The van der Waals surface area contributed by atoms with Crippen molar-refractivity contribution in [3.63, 3.8) is 0 Å². The number of halogens is 2. The van der Waals surface area contributed by atoms with E-state index in [1.54, 1.807) is 47.5 Å². The molecule has 2 amide bonds. The summed E-state index contributed by atoms with van der Waals surface area (Å²) in [5.41, 5.74) is 1.74. The predicted molar refractivity (Wildman–Crippen MR) is 122 cm³/mol. The van der Waals surface area contributed by atoms with Crippen LogP contribution in [-0.4, -0.2) is 25.0 Å². The number of nitrogens with zero attached hydrogens (tertiary/aromatic N) is 2. The van der Waals surface area contributed by atoms with Crippen molar-refractivity contribution in [1.82, 2.24) is 0 Å². The minimum atomic E-state index is -0.996. The van der Waals surface area contributed by atoms with Crippen molar-refractivity contribution in [2.45, 2.75) is 12.1 Å². The quantitative estimate of drug-likeness (QED) is 0.501. The van der Waals surface area contributed by atoms with Gasteiger partial charge in [0.1, 0.15) is 11.7 Å². The van der Waals surface area contributed by atoms with Crippen molar-refractivity contribution in [1.29, 1.82) is 0 Å². The van der Waals surface area contributed by atoms with Crippen LogP contribution in [0.5, 0.6) is 5.75 Å². The third-order valence-corrected chi connectivity index (χ3v) is 6.30. The van der Waals surface area contributed by atoms with E-state index in [-0.39, 0.29) is 5.91 Å². The molecule has 0 radical (unpaired) electrons. The molecule has 0 N–H and O–H groups in total. The summed E-state index contributed by atoms with van der Waals surface area (Å²) in [6, 6.07) is 20.7. The molecular weight excluding hydrogens is 451 g/mol. The van der Waals surface area contributed by atoms with Gasteiger partial charge in [-0.3, -0.25) is 14.4 Å². The Morgan fingerprint density at radius 2 is 1.62 bits per heavy atom. The number of methoxy groups -OCH3 is 1. The number of rotatable bonds is 4.